The van der Waals surface area contributed by atoms with Gasteiger partial charge in [0.1, 0.15) is 58.9 Å². The first kappa shape index (κ1) is 55.6. The summed E-state index contributed by atoms with van der Waals surface area (Å²) in [6, 6.07) is 33.2. The van der Waals surface area contributed by atoms with E-state index in [9.17, 15) is 44.0 Å². The van der Waals surface area contributed by atoms with Crippen molar-refractivity contribution in [3.63, 3.8) is 0 Å². The molecular weight excluding hydrogens is 1130 g/mol. The first-order chi connectivity index (χ1) is 40.0. The molecule has 0 saturated heterocycles. The number of fused-ring (bicyclic) bond motifs is 4. The Bertz CT molecular complexity index is 4680. The molecule has 84 heavy (non-hydrogen) atoms. The molecule has 8 heterocycles. The number of benzene rings is 4. The number of nitrogens with two attached hydrogens (primary N) is 2. The van der Waals surface area contributed by atoms with E-state index in [2.05, 4.69) is 29.4 Å². The van der Waals surface area contributed by atoms with Crippen LogP contribution in [0.1, 0.15) is 37.1 Å². The van der Waals surface area contributed by atoms with E-state index in [-0.39, 0.29) is 45.5 Å². The van der Waals surface area contributed by atoms with E-state index in [1.54, 1.807) is 70.0 Å². The van der Waals surface area contributed by atoms with Crippen molar-refractivity contribution in [2.75, 3.05) is 33.4 Å². The number of sulfonamides is 2. The van der Waals surface area contributed by atoms with Crippen molar-refractivity contribution in [2.24, 2.45) is 0 Å². The van der Waals surface area contributed by atoms with Crippen LogP contribution in [0.5, 0.6) is 0 Å². The van der Waals surface area contributed by atoms with Crippen molar-refractivity contribution in [1.29, 1.82) is 0 Å². The molecular formula is C58H46F4N14O6S2. The Morgan fingerprint density at radius 3 is 1.23 bits per heavy atom. The molecule has 0 aliphatic carbocycles. The second-order valence-corrected chi connectivity index (χ2v) is 23.1. The van der Waals surface area contributed by atoms with Gasteiger partial charge in [-0.2, -0.15) is 10.2 Å². The molecule has 0 spiro atoms. The van der Waals surface area contributed by atoms with Crippen LogP contribution in [0.3, 0.4) is 0 Å². The first-order valence-corrected chi connectivity index (χ1v) is 29.1. The lowest BCUT2D eigenvalue weighted by Gasteiger charge is -2.19. The van der Waals surface area contributed by atoms with Crippen LogP contribution >= 0.6 is 0 Å². The van der Waals surface area contributed by atoms with Gasteiger partial charge >= 0.3 is 0 Å². The SMILES string of the molecule is C[C@@H](c1cc2ccc(F)cn2c(=O)c1-c1ccccc1)n1nc(-c2cc(F)cc(NS(C)(=O)=O)c2)c2c(N)ncnc21.C[C@H](c1cc2ccc(F)cn2c(=O)c1-c1ccccc1)n1nc(-c2cc(F)cc(NS(C)(=O)=O)c2)c2c(N)ncnc21. The van der Waals surface area contributed by atoms with Crippen LogP contribution in [-0.4, -0.2) is 77.6 Å². The van der Waals surface area contributed by atoms with E-state index in [0.29, 0.717) is 66.5 Å². The van der Waals surface area contributed by atoms with Gasteiger partial charge in [0.25, 0.3) is 11.1 Å². The second-order valence-electron chi connectivity index (χ2n) is 19.6. The van der Waals surface area contributed by atoms with E-state index < -0.39 is 66.5 Å². The number of nitrogens with one attached hydrogen (secondary N) is 2. The van der Waals surface area contributed by atoms with Crippen LogP contribution in [0, 0.1) is 23.3 Å². The Kier molecular flexibility index (Phi) is 14.2. The van der Waals surface area contributed by atoms with Gasteiger partial charge in [0.05, 0.1) is 57.9 Å². The second kappa shape index (κ2) is 21.5. The summed E-state index contributed by atoms with van der Waals surface area (Å²) in [7, 11) is -7.38. The fraction of sp³-hybridized carbons (Fsp3) is 0.103. The largest absolute Gasteiger partial charge is 0.383 e. The van der Waals surface area contributed by atoms with Crippen molar-refractivity contribution in [3.8, 4) is 44.8 Å². The summed E-state index contributed by atoms with van der Waals surface area (Å²) in [5.74, 6) is -2.37. The quantitative estimate of drug-likeness (QED) is 0.0830. The molecule has 26 heteroatoms. The highest BCUT2D eigenvalue weighted by molar-refractivity contribution is 7.92. The Morgan fingerprint density at radius 2 is 0.857 bits per heavy atom. The molecule has 8 aromatic heterocycles. The molecule has 0 unspecified atom stereocenters. The van der Waals surface area contributed by atoms with Crippen LogP contribution in [0.2, 0.25) is 0 Å². The average molecular weight is 1180 g/mol. The maximum Gasteiger partial charge on any atom is 0.263 e. The minimum Gasteiger partial charge on any atom is -0.383 e. The molecule has 2 atom stereocenters. The molecule has 0 aliphatic rings. The normalized spacial score (nSPS) is 12.6. The maximum atomic E-state index is 14.7. The number of hydrogen-bond acceptors (Lipinski definition) is 14. The molecule has 12 aromatic rings. The van der Waals surface area contributed by atoms with Crippen LogP contribution in [0.4, 0.5) is 40.6 Å². The lowest BCUT2D eigenvalue weighted by atomic mass is 9.96. The molecule has 6 N–H and O–H groups in total. The fourth-order valence-electron chi connectivity index (χ4n) is 10.2. The van der Waals surface area contributed by atoms with Crippen LogP contribution in [0.25, 0.3) is 77.9 Å². The third kappa shape index (κ3) is 10.8. The summed E-state index contributed by atoms with van der Waals surface area (Å²) in [5, 5.41) is 10.2. The molecule has 0 fully saturated rings. The number of aromatic nitrogens is 10. The topological polar surface area (TPSA) is 275 Å². The van der Waals surface area contributed by atoms with Gasteiger partial charge in [-0.05, 0) is 109 Å². The zero-order valence-electron chi connectivity index (χ0n) is 44.6. The van der Waals surface area contributed by atoms with E-state index in [0.717, 1.165) is 37.0 Å². The zero-order valence-corrected chi connectivity index (χ0v) is 46.2. The first-order valence-electron chi connectivity index (χ1n) is 25.4. The van der Waals surface area contributed by atoms with Gasteiger partial charge in [0, 0.05) is 34.6 Å². The molecule has 424 valence electrons. The van der Waals surface area contributed by atoms with Gasteiger partial charge in [-0.1, -0.05) is 60.7 Å². The minimum atomic E-state index is -3.69. The molecule has 20 nitrogen and oxygen atoms in total. The Balaban J connectivity index is 0.000000175. The summed E-state index contributed by atoms with van der Waals surface area (Å²) in [4.78, 5) is 44.6. The standard InChI is InChI=1S/2C29H23F2N7O3S/c2*1-16(23-13-22-9-8-19(30)14-37(22)29(39)24(23)17-6-4-3-5-7-17)38-28-25(27(32)33-15-34-28)26(35-38)18-10-20(31)12-21(11-18)36-42(2,40)41/h2*3-16,36H,1-2H3,(H2,32,33,34)/t2*16-/m10/s1. The predicted molar refractivity (Wildman–Crippen MR) is 313 cm³/mol. The van der Waals surface area contributed by atoms with E-state index in [4.69, 9.17) is 21.7 Å². The molecule has 0 aliphatic heterocycles. The lowest BCUT2D eigenvalue weighted by molar-refractivity contribution is 0.580. The third-order valence-corrected chi connectivity index (χ3v) is 14.9. The summed E-state index contributed by atoms with van der Waals surface area (Å²) in [6.45, 7) is 3.63. The zero-order chi connectivity index (χ0) is 59.5. The maximum absolute atomic E-state index is 14.7. The highest BCUT2D eigenvalue weighted by atomic mass is 32.2. The summed E-state index contributed by atoms with van der Waals surface area (Å²) in [6.07, 6.45) is 6.73. The Morgan fingerprint density at radius 1 is 0.476 bits per heavy atom. The summed E-state index contributed by atoms with van der Waals surface area (Å²) < 4.78 is 115. The number of nitrogens with zero attached hydrogens (tertiary/aromatic N) is 10. The van der Waals surface area contributed by atoms with Gasteiger partial charge in [0.15, 0.2) is 11.3 Å². The molecule has 12 rings (SSSR count). The molecule has 4 aromatic carbocycles. The monoisotopic (exact) mass is 1170 g/mol. The van der Waals surface area contributed by atoms with Crippen LogP contribution < -0.4 is 32.0 Å². The minimum absolute atomic E-state index is 0.000170. The summed E-state index contributed by atoms with van der Waals surface area (Å²) >= 11 is 0. The Labute approximate surface area is 474 Å². The van der Waals surface area contributed by atoms with E-state index >= 15 is 0 Å². The highest BCUT2D eigenvalue weighted by Crippen LogP contribution is 2.39. The van der Waals surface area contributed by atoms with Gasteiger partial charge in [0.2, 0.25) is 20.0 Å². The number of halogens is 4. The van der Waals surface area contributed by atoms with Crippen LogP contribution in [0.15, 0.2) is 168 Å². The number of nitrogen functional groups attached to an aromatic ring is 2. The van der Waals surface area contributed by atoms with Crippen molar-refractivity contribution in [2.45, 2.75) is 25.9 Å². The molecule has 0 amide bonds. The Hall–Kier alpha value is -10.3. The third-order valence-electron chi connectivity index (χ3n) is 13.7. The van der Waals surface area contributed by atoms with Crippen LogP contribution in [-0.2, 0) is 20.0 Å². The average Bonchev–Trinajstić information content (AvgIpc) is 1.90. The molecule has 0 bridgehead atoms. The fourth-order valence-corrected chi connectivity index (χ4v) is 11.2. The van der Waals surface area contributed by atoms with Crippen molar-refractivity contribution < 1.29 is 34.4 Å². The number of pyridine rings is 4. The number of anilines is 4. The molecule has 0 saturated carbocycles. The van der Waals surface area contributed by atoms with Crippen molar-refractivity contribution in [3.05, 3.63) is 214 Å². The summed E-state index contributed by atoms with van der Waals surface area (Å²) in [5.41, 5.74) is 17.2. The molecule has 0 radical (unpaired) electrons. The van der Waals surface area contributed by atoms with Gasteiger partial charge in [-0.3, -0.25) is 27.8 Å². The number of hydrogen-bond donors (Lipinski definition) is 4. The van der Waals surface area contributed by atoms with Crippen molar-refractivity contribution in [1.82, 2.24) is 48.3 Å². The lowest BCUT2D eigenvalue weighted by Crippen LogP contribution is -2.21. The smallest absolute Gasteiger partial charge is 0.263 e. The highest BCUT2D eigenvalue weighted by Gasteiger charge is 2.28. The van der Waals surface area contributed by atoms with Crippen molar-refractivity contribution >= 4 is 76.2 Å². The van der Waals surface area contributed by atoms with E-state index in [1.165, 1.54) is 70.0 Å². The van der Waals surface area contributed by atoms with Gasteiger partial charge < -0.3 is 11.5 Å². The number of rotatable bonds is 12. The predicted octanol–water partition coefficient (Wildman–Crippen LogP) is 9.23. The van der Waals surface area contributed by atoms with Gasteiger partial charge in [-0.25, -0.2) is 63.7 Å². The van der Waals surface area contributed by atoms with E-state index in [1.807, 2.05) is 26.0 Å². The van der Waals surface area contributed by atoms with Gasteiger partial charge in [-0.15, -0.1) is 0 Å².